The normalized spacial score (nSPS) is 12.1. The van der Waals surface area contributed by atoms with Crippen LogP contribution in [-0.2, 0) is 0 Å². The zero-order chi connectivity index (χ0) is 18.9. The van der Waals surface area contributed by atoms with E-state index in [4.69, 9.17) is 9.15 Å². The van der Waals surface area contributed by atoms with Gasteiger partial charge in [0.2, 0.25) is 5.88 Å². The predicted molar refractivity (Wildman–Crippen MR) is 106 cm³/mol. The lowest BCUT2D eigenvalue weighted by molar-refractivity contribution is 0.285. The van der Waals surface area contributed by atoms with E-state index in [9.17, 15) is 0 Å². The van der Waals surface area contributed by atoms with Gasteiger partial charge in [-0.25, -0.2) is 9.50 Å². The Morgan fingerprint density at radius 3 is 2.81 bits per heavy atom. The third-order valence-electron chi connectivity index (χ3n) is 4.20. The molecule has 0 atom stereocenters. The summed E-state index contributed by atoms with van der Waals surface area (Å²) in [6.07, 6.45) is 1.77. The van der Waals surface area contributed by atoms with Crippen LogP contribution in [0, 0.1) is 5.41 Å². The van der Waals surface area contributed by atoms with Crippen LogP contribution in [0.15, 0.2) is 53.1 Å². The number of hydrogen-bond acceptors (Lipinski definition) is 5. The highest BCUT2D eigenvalue weighted by Gasteiger charge is 2.13. The van der Waals surface area contributed by atoms with Gasteiger partial charge in [0.1, 0.15) is 17.9 Å². The maximum atomic E-state index is 5.95. The number of rotatable bonds is 6. The molecular formula is C21H24N4O2. The molecule has 0 saturated carbocycles. The van der Waals surface area contributed by atoms with E-state index >= 15 is 0 Å². The number of nitrogens with one attached hydrogen (secondary N) is 1. The van der Waals surface area contributed by atoms with Gasteiger partial charge in [0, 0.05) is 24.5 Å². The summed E-state index contributed by atoms with van der Waals surface area (Å²) in [5.74, 6) is 1.30. The van der Waals surface area contributed by atoms with Crippen molar-refractivity contribution in [2.45, 2.75) is 20.8 Å². The van der Waals surface area contributed by atoms with Crippen molar-refractivity contribution in [3.8, 4) is 17.3 Å². The molecule has 0 bridgehead atoms. The van der Waals surface area contributed by atoms with Crippen molar-refractivity contribution in [2.75, 3.05) is 19.7 Å². The highest BCUT2D eigenvalue weighted by molar-refractivity contribution is 5.82. The SMILES string of the molecule is CC(C)(C)CNCCOc1ccc2ncc(-c3cc4ccccc4o3)n2n1. The van der Waals surface area contributed by atoms with Crippen LogP contribution in [0.4, 0.5) is 0 Å². The van der Waals surface area contributed by atoms with E-state index in [1.54, 1.807) is 10.7 Å². The predicted octanol–water partition coefficient (Wildman–Crippen LogP) is 4.16. The van der Waals surface area contributed by atoms with Crippen molar-refractivity contribution in [1.29, 1.82) is 0 Å². The Kier molecular flexibility index (Phi) is 4.58. The van der Waals surface area contributed by atoms with Gasteiger partial charge < -0.3 is 14.5 Å². The van der Waals surface area contributed by atoms with Crippen LogP contribution in [0.2, 0.25) is 0 Å². The van der Waals surface area contributed by atoms with Gasteiger partial charge in [0.25, 0.3) is 0 Å². The second kappa shape index (κ2) is 7.04. The van der Waals surface area contributed by atoms with Crippen molar-refractivity contribution in [3.63, 3.8) is 0 Å². The Bertz CT molecular complexity index is 1030. The summed E-state index contributed by atoms with van der Waals surface area (Å²) >= 11 is 0. The molecule has 3 heterocycles. The number of furan rings is 1. The monoisotopic (exact) mass is 364 g/mol. The van der Waals surface area contributed by atoms with E-state index in [-0.39, 0.29) is 5.41 Å². The number of fused-ring (bicyclic) bond motifs is 2. The summed E-state index contributed by atoms with van der Waals surface area (Å²) in [5, 5.41) is 9.02. The van der Waals surface area contributed by atoms with E-state index < -0.39 is 0 Å². The Morgan fingerprint density at radius 1 is 1.15 bits per heavy atom. The quantitative estimate of drug-likeness (QED) is 0.521. The average molecular weight is 364 g/mol. The topological polar surface area (TPSA) is 64.6 Å². The molecule has 4 rings (SSSR count). The molecular weight excluding hydrogens is 340 g/mol. The van der Waals surface area contributed by atoms with Crippen LogP contribution in [0.1, 0.15) is 20.8 Å². The van der Waals surface area contributed by atoms with E-state index in [1.165, 1.54) is 0 Å². The molecule has 6 heteroatoms. The van der Waals surface area contributed by atoms with E-state index in [0.717, 1.165) is 41.2 Å². The third kappa shape index (κ3) is 3.95. The minimum absolute atomic E-state index is 0.259. The van der Waals surface area contributed by atoms with Gasteiger partial charge in [-0.1, -0.05) is 39.0 Å². The zero-order valence-electron chi connectivity index (χ0n) is 15.9. The maximum absolute atomic E-state index is 5.95. The highest BCUT2D eigenvalue weighted by atomic mass is 16.5. The van der Waals surface area contributed by atoms with E-state index in [2.05, 4.69) is 36.2 Å². The summed E-state index contributed by atoms with van der Waals surface area (Å²) in [7, 11) is 0. The highest BCUT2D eigenvalue weighted by Crippen LogP contribution is 2.28. The molecule has 3 aromatic heterocycles. The largest absolute Gasteiger partial charge is 0.475 e. The Hall–Kier alpha value is -2.86. The Balaban J connectivity index is 1.51. The molecule has 0 aliphatic carbocycles. The maximum Gasteiger partial charge on any atom is 0.231 e. The van der Waals surface area contributed by atoms with Crippen molar-refractivity contribution in [2.24, 2.45) is 5.41 Å². The van der Waals surface area contributed by atoms with E-state index in [1.807, 2.05) is 42.5 Å². The molecule has 0 fully saturated rings. The standard InChI is InChI=1S/C21H24N4O2/c1-21(2,3)14-22-10-11-26-20-9-8-19-23-13-16(25(19)24-20)18-12-15-6-4-5-7-17(15)27-18/h4-9,12-13,22H,10-11,14H2,1-3H3. The number of ether oxygens (including phenoxy) is 1. The van der Waals surface area contributed by atoms with Gasteiger partial charge in [0.05, 0.1) is 6.20 Å². The van der Waals surface area contributed by atoms with Crippen molar-refractivity contribution in [3.05, 3.63) is 48.7 Å². The van der Waals surface area contributed by atoms with Crippen LogP contribution in [-0.4, -0.2) is 34.3 Å². The molecule has 0 aliphatic rings. The molecule has 6 nitrogen and oxygen atoms in total. The fraction of sp³-hybridized carbons (Fsp3) is 0.333. The fourth-order valence-corrected chi connectivity index (χ4v) is 2.90. The molecule has 0 amide bonds. The average Bonchev–Trinajstić information content (AvgIpc) is 3.23. The second-order valence-corrected chi connectivity index (χ2v) is 7.82. The number of benzene rings is 1. The number of hydrogen-bond donors (Lipinski definition) is 1. The Morgan fingerprint density at radius 2 is 2.00 bits per heavy atom. The van der Waals surface area contributed by atoms with Crippen molar-refractivity contribution < 1.29 is 9.15 Å². The minimum atomic E-state index is 0.259. The van der Waals surface area contributed by atoms with Crippen molar-refractivity contribution in [1.82, 2.24) is 19.9 Å². The lowest BCUT2D eigenvalue weighted by atomic mass is 9.97. The molecule has 0 radical (unpaired) electrons. The summed E-state index contributed by atoms with van der Waals surface area (Å²) in [4.78, 5) is 4.42. The van der Waals surface area contributed by atoms with Gasteiger partial charge in [-0.3, -0.25) is 0 Å². The smallest absolute Gasteiger partial charge is 0.231 e. The van der Waals surface area contributed by atoms with Gasteiger partial charge in [-0.15, -0.1) is 5.10 Å². The van der Waals surface area contributed by atoms with Crippen LogP contribution in [0.3, 0.4) is 0 Å². The van der Waals surface area contributed by atoms with Crippen LogP contribution >= 0.6 is 0 Å². The third-order valence-corrected chi connectivity index (χ3v) is 4.20. The summed E-state index contributed by atoms with van der Waals surface area (Å²) < 4.78 is 13.5. The van der Waals surface area contributed by atoms with Gasteiger partial charge in [-0.05, 0) is 23.6 Å². The molecule has 0 aliphatic heterocycles. The molecule has 0 saturated heterocycles. The summed E-state index contributed by atoms with van der Waals surface area (Å²) in [6, 6.07) is 13.7. The van der Waals surface area contributed by atoms with Gasteiger partial charge in [0.15, 0.2) is 11.4 Å². The first-order chi connectivity index (χ1) is 13.0. The first-order valence-corrected chi connectivity index (χ1v) is 9.17. The zero-order valence-corrected chi connectivity index (χ0v) is 15.9. The molecule has 0 spiro atoms. The minimum Gasteiger partial charge on any atom is -0.475 e. The molecule has 4 aromatic rings. The molecule has 0 unspecified atom stereocenters. The number of aromatic nitrogens is 3. The van der Waals surface area contributed by atoms with Crippen LogP contribution < -0.4 is 10.1 Å². The molecule has 140 valence electrons. The Labute approximate surface area is 158 Å². The van der Waals surface area contributed by atoms with Gasteiger partial charge >= 0.3 is 0 Å². The lowest BCUT2D eigenvalue weighted by Crippen LogP contribution is -2.30. The molecule has 1 aromatic carbocycles. The molecule has 27 heavy (non-hydrogen) atoms. The first-order valence-electron chi connectivity index (χ1n) is 9.17. The fourth-order valence-electron chi connectivity index (χ4n) is 2.90. The summed E-state index contributed by atoms with van der Waals surface area (Å²) in [5.41, 5.74) is 2.66. The summed E-state index contributed by atoms with van der Waals surface area (Å²) in [6.45, 7) is 8.89. The second-order valence-electron chi connectivity index (χ2n) is 7.82. The van der Waals surface area contributed by atoms with E-state index in [0.29, 0.717) is 12.5 Å². The molecule has 1 N–H and O–H groups in total. The number of para-hydroxylation sites is 1. The van der Waals surface area contributed by atoms with Crippen molar-refractivity contribution >= 4 is 16.6 Å². The lowest BCUT2D eigenvalue weighted by Gasteiger charge is -2.18. The number of imidazole rings is 1. The van der Waals surface area contributed by atoms with Crippen LogP contribution in [0.25, 0.3) is 28.1 Å². The first kappa shape index (κ1) is 17.5. The number of nitrogens with zero attached hydrogens (tertiary/aromatic N) is 3. The van der Waals surface area contributed by atoms with Crippen LogP contribution in [0.5, 0.6) is 5.88 Å². The van der Waals surface area contributed by atoms with Gasteiger partial charge in [-0.2, -0.15) is 0 Å².